The van der Waals surface area contributed by atoms with E-state index in [4.69, 9.17) is 0 Å². The molecule has 0 unspecified atom stereocenters. The molecule has 1 aromatic rings. The molecule has 138 valence electrons. The largest absolute Gasteiger partial charge is 0.358 e. The van der Waals surface area contributed by atoms with Gasteiger partial charge in [0.25, 0.3) is 0 Å². The molecule has 0 amide bonds. The van der Waals surface area contributed by atoms with Gasteiger partial charge in [-0.3, -0.25) is 0 Å². The normalized spacial score (nSPS) is 32.0. The maximum absolute atomic E-state index is 4.10. The van der Waals surface area contributed by atoms with Crippen LogP contribution in [0.15, 0.2) is 18.2 Å². The molecule has 2 bridgehead atoms. The maximum atomic E-state index is 4.10. The monoisotopic (exact) mass is 339 g/mol. The number of hydrogen-bond donors (Lipinski definition) is 0. The third-order valence-corrected chi connectivity index (χ3v) is 7.16. The van der Waals surface area contributed by atoms with Crippen LogP contribution >= 0.6 is 0 Å². The van der Waals surface area contributed by atoms with Crippen LogP contribution in [0.3, 0.4) is 0 Å². The van der Waals surface area contributed by atoms with Gasteiger partial charge in [0.05, 0.1) is 5.69 Å². The predicted molar refractivity (Wildman–Crippen MR) is 108 cm³/mol. The average molecular weight is 340 g/mol. The number of para-hydroxylation sites is 1. The van der Waals surface area contributed by atoms with E-state index in [1.54, 1.807) is 0 Å². The average Bonchev–Trinajstić information content (AvgIpc) is 2.53. The SMILES string of the molecule is CC(C)c1cccc(C(C)C)c1[N+]1=[C-][C@@]2(C(C)C)CC[C@]1(C)C[C@H]2C. The van der Waals surface area contributed by atoms with Crippen LogP contribution in [0.25, 0.3) is 0 Å². The molecule has 0 aromatic heterocycles. The van der Waals surface area contributed by atoms with Crippen molar-refractivity contribution in [3.05, 3.63) is 29.3 Å². The summed E-state index contributed by atoms with van der Waals surface area (Å²) in [5, 5.41) is 0. The number of fused-ring (bicyclic) bond motifs is 2. The second-order valence-corrected chi connectivity index (χ2v) is 9.84. The van der Waals surface area contributed by atoms with E-state index < -0.39 is 0 Å². The van der Waals surface area contributed by atoms with Crippen LogP contribution in [0.2, 0.25) is 0 Å². The quantitative estimate of drug-likeness (QED) is 0.421. The highest BCUT2D eigenvalue weighted by atomic mass is 15.1. The van der Waals surface area contributed by atoms with Crippen molar-refractivity contribution in [2.24, 2.45) is 17.3 Å². The molecule has 25 heavy (non-hydrogen) atoms. The summed E-state index contributed by atoms with van der Waals surface area (Å²) in [6.45, 7) is 19.0. The van der Waals surface area contributed by atoms with Crippen molar-refractivity contribution in [3.8, 4) is 0 Å². The molecule has 2 aliphatic heterocycles. The van der Waals surface area contributed by atoms with Crippen LogP contribution in [-0.2, 0) is 0 Å². The van der Waals surface area contributed by atoms with E-state index >= 15 is 0 Å². The third kappa shape index (κ3) is 2.78. The Bertz CT molecular complexity index is 655. The molecular formula is C24H37N. The van der Waals surface area contributed by atoms with Gasteiger partial charge in [0.15, 0.2) is 0 Å². The highest BCUT2D eigenvalue weighted by molar-refractivity contribution is 5.67. The first-order valence-corrected chi connectivity index (χ1v) is 10.3. The molecule has 1 heteroatoms. The Morgan fingerprint density at radius 1 is 1.00 bits per heavy atom. The minimum absolute atomic E-state index is 0.213. The fourth-order valence-corrected chi connectivity index (χ4v) is 5.46. The van der Waals surface area contributed by atoms with Gasteiger partial charge in [0.2, 0.25) is 0 Å². The van der Waals surface area contributed by atoms with E-state index in [1.807, 2.05) is 0 Å². The van der Waals surface area contributed by atoms with Gasteiger partial charge in [0, 0.05) is 19.1 Å². The summed E-state index contributed by atoms with van der Waals surface area (Å²) in [6.07, 6.45) is 7.95. The van der Waals surface area contributed by atoms with Gasteiger partial charge in [-0.15, -0.1) is 0 Å². The topological polar surface area (TPSA) is 3.01 Å². The lowest BCUT2D eigenvalue weighted by molar-refractivity contribution is -0.553. The molecule has 0 radical (unpaired) electrons. The summed E-state index contributed by atoms with van der Waals surface area (Å²) in [5.41, 5.74) is 4.88. The molecule has 0 spiro atoms. The molecule has 1 aromatic carbocycles. The van der Waals surface area contributed by atoms with Crippen molar-refractivity contribution in [2.45, 2.75) is 92.0 Å². The molecule has 3 aliphatic rings. The van der Waals surface area contributed by atoms with Crippen LogP contribution in [0.4, 0.5) is 5.69 Å². The zero-order valence-electron chi connectivity index (χ0n) is 17.6. The second kappa shape index (κ2) is 6.25. The molecule has 0 N–H and O–H groups in total. The Morgan fingerprint density at radius 2 is 1.56 bits per heavy atom. The van der Waals surface area contributed by atoms with E-state index in [0.29, 0.717) is 17.8 Å². The number of hydrogen-bond acceptors (Lipinski definition) is 0. The number of rotatable bonds is 4. The van der Waals surface area contributed by atoms with E-state index in [-0.39, 0.29) is 11.0 Å². The lowest BCUT2D eigenvalue weighted by Crippen LogP contribution is -2.58. The second-order valence-electron chi connectivity index (χ2n) is 9.84. The maximum Gasteiger partial charge on any atom is 0.133 e. The summed E-state index contributed by atoms with van der Waals surface area (Å²) in [4.78, 5) is 0. The van der Waals surface area contributed by atoms with E-state index in [9.17, 15) is 0 Å². The number of nitrogens with zero attached hydrogens (tertiary/aromatic N) is 1. The lowest BCUT2D eigenvalue weighted by atomic mass is 9.55. The van der Waals surface area contributed by atoms with Gasteiger partial charge in [-0.05, 0) is 42.4 Å². The van der Waals surface area contributed by atoms with Crippen LogP contribution < -0.4 is 0 Å². The Kier molecular flexibility index (Phi) is 4.67. The molecule has 2 heterocycles. The first-order valence-electron chi connectivity index (χ1n) is 10.3. The van der Waals surface area contributed by atoms with Crippen LogP contribution in [0.5, 0.6) is 0 Å². The molecule has 1 nitrogen and oxygen atoms in total. The predicted octanol–water partition coefficient (Wildman–Crippen LogP) is 6.76. The van der Waals surface area contributed by atoms with E-state index in [1.165, 1.54) is 36.1 Å². The van der Waals surface area contributed by atoms with Crippen LogP contribution in [-0.4, -0.2) is 16.3 Å². The highest BCUT2D eigenvalue weighted by Crippen LogP contribution is 2.55. The van der Waals surface area contributed by atoms with E-state index in [0.717, 1.165) is 5.92 Å². The van der Waals surface area contributed by atoms with Crippen LogP contribution in [0, 0.1) is 17.3 Å². The minimum atomic E-state index is 0.213. The first-order chi connectivity index (χ1) is 11.6. The highest BCUT2D eigenvalue weighted by Gasteiger charge is 2.54. The van der Waals surface area contributed by atoms with Gasteiger partial charge >= 0.3 is 0 Å². The van der Waals surface area contributed by atoms with Crippen LogP contribution in [0.1, 0.15) is 97.6 Å². The molecule has 4 rings (SSSR count). The molecular weight excluding hydrogens is 302 g/mol. The van der Waals surface area contributed by atoms with Crippen molar-refractivity contribution in [3.63, 3.8) is 0 Å². The van der Waals surface area contributed by atoms with Crippen molar-refractivity contribution >= 4 is 11.9 Å². The lowest BCUT2D eigenvalue weighted by Gasteiger charge is -2.57. The number of benzene rings is 1. The van der Waals surface area contributed by atoms with Crippen molar-refractivity contribution in [1.82, 2.24) is 0 Å². The van der Waals surface area contributed by atoms with Gasteiger partial charge in [-0.25, -0.2) is 0 Å². The van der Waals surface area contributed by atoms with Gasteiger partial charge in [0.1, 0.15) is 5.54 Å². The Hall–Kier alpha value is -1.11. The zero-order chi connectivity index (χ0) is 18.6. The smallest absolute Gasteiger partial charge is 0.133 e. The first kappa shape index (κ1) is 18.7. The fourth-order valence-electron chi connectivity index (χ4n) is 5.46. The summed E-state index contributed by atoms with van der Waals surface area (Å²) >= 11 is 0. The minimum Gasteiger partial charge on any atom is -0.358 e. The van der Waals surface area contributed by atoms with Crippen molar-refractivity contribution < 1.29 is 4.58 Å². The third-order valence-electron chi connectivity index (χ3n) is 7.16. The molecule has 3 atom stereocenters. The standard InChI is InChI=1S/C24H37N/c1-16(2)20-10-9-11-21(17(3)4)22(20)25-15-24(18(5)6)13-12-23(25,8)14-19(24)7/h9-11,16-19H,12-14H2,1-8H3/t19-,23-,24-/m1/s1. The summed E-state index contributed by atoms with van der Waals surface area (Å²) in [5.74, 6) is 2.43. The van der Waals surface area contributed by atoms with E-state index in [2.05, 4.69) is 84.4 Å². The van der Waals surface area contributed by atoms with Gasteiger partial charge in [-0.2, -0.15) is 0 Å². The summed E-state index contributed by atoms with van der Waals surface area (Å²) in [7, 11) is 0. The molecule has 1 fully saturated rings. The fraction of sp³-hybridized carbons (Fsp3) is 0.708. The van der Waals surface area contributed by atoms with Crippen molar-refractivity contribution in [1.29, 1.82) is 0 Å². The van der Waals surface area contributed by atoms with Gasteiger partial charge in [-0.1, -0.05) is 77.8 Å². The Balaban J connectivity index is 2.29. The Labute approximate surface area is 155 Å². The van der Waals surface area contributed by atoms with Crippen molar-refractivity contribution in [2.75, 3.05) is 0 Å². The molecule has 0 saturated heterocycles. The van der Waals surface area contributed by atoms with Gasteiger partial charge < -0.3 is 4.58 Å². The molecule has 1 aliphatic carbocycles. The zero-order valence-corrected chi connectivity index (χ0v) is 17.6. The summed E-state index contributed by atoms with van der Waals surface area (Å²) in [6, 6.07) is 6.93. The molecule has 1 saturated carbocycles. The Morgan fingerprint density at radius 3 is 2.00 bits per heavy atom. The summed E-state index contributed by atoms with van der Waals surface area (Å²) < 4.78 is 2.61.